The Morgan fingerprint density at radius 3 is 2.64 bits per heavy atom. The van der Waals surface area contributed by atoms with Crippen molar-refractivity contribution >= 4 is 0 Å². The van der Waals surface area contributed by atoms with Crippen molar-refractivity contribution in [3.8, 4) is 11.3 Å². The van der Waals surface area contributed by atoms with Gasteiger partial charge in [-0.1, -0.05) is 38.1 Å². The summed E-state index contributed by atoms with van der Waals surface area (Å²) in [6.07, 6.45) is 2.03. The zero-order valence-electron chi connectivity index (χ0n) is 8.46. The van der Waals surface area contributed by atoms with Crippen molar-refractivity contribution in [3.05, 3.63) is 47.7 Å². The van der Waals surface area contributed by atoms with E-state index in [1.807, 2.05) is 6.20 Å². The molecule has 1 aliphatic carbocycles. The molecule has 0 atom stereocenters. The molecule has 14 heavy (non-hydrogen) atoms. The molecule has 1 nitrogen and oxygen atoms in total. The summed E-state index contributed by atoms with van der Waals surface area (Å²) < 4.78 is 0. The molecule has 1 aliphatic rings. The van der Waals surface area contributed by atoms with Crippen LogP contribution in [0.3, 0.4) is 0 Å². The third kappa shape index (κ3) is 0.752. The first kappa shape index (κ1) is 7.86. The number of aromatic amines is 1. The maximum absolute atomic E-state index is 3.33. The average molecular weight is 183 g/mol. The Morgan fingerprint density at radius 1 is 1.00 bits per heavy atom. The first-order valence-electron chi connectivity index (χ1n) is 4.99. The van der Waals surface area contributed by atoms with Crippen LogP contribution in [0.5, 0.6) is 0 Å². The predicted octanol–water partition coefficient (Wildman–Crippen LogP) is 3.32. The summed E-state index contributed by atoms with van der Waals surface area (Å²) >= 11 is 0. The van der Waals surface area contributed by atoms with Gasteiger partial charge in [0.05, 0.1) is 0 Å². The fourth-order valence-electron chi connectivity index (χ4n) is 2.50. The minimum absolute atomic E-state index is 0.159. The number of nitrogens with one attached hydrogen (secondary N) is 1. The number of hydrogen-bond acceptors (Lipinski definition) is 0. The molecule has 0 amide bonds. The van der Waals surface area contributed by atoms with Crippen LogP contribution in [-0.2, 0) is 5.41 Å². The molecule has 0 saturated carbocycles. The zero-order valence-corrected chi connectivity index (χ0v) is 8.46. The molecule has 0 fully saturated rings. The third-order valence-electron chi connectivity index (χ3n) is 3.29. The van der Waals surface area contributed by atoms with Crippen molar-refractivity contribution in [1.29, 1.82) is 0 Å². The molecule has 0 unspecified atom stereocenters. The van der Waals surface area contributed by atoms with Crippen LogP contribution < -0.4 is 0 Å². The van der Waals surface area contributed by atoms with E-state index in [2.05, 4.69) is 49.2 Å². The van der Waals surface area contributed by atoms with E-state index in [4.69, 9.17) is 0 Å². The summed E-state index contributed by atoms with van der Waals surface area (Å²) in [4.78, 5) is 3.33. The van der Waals surface area contributed by atoms with Gasteiger partial charge in [0.15, 0.2) is 0 Å². The van der Waals surface area contributed by atoms with E-state index in [0.29, 0.717) is 0 Å². The van der Waals surface area contributed by atoms with Crippen LogP contribution >= 0.6 is 0 Å². The fourth-order valence-corrected chi connectivity index (χ4v) is 2.50. The quantitative estimate of drug-likeness (QED) is 0.645. The molecule has 0 aliphatic heterocycles. The van der Waals surface area contributed by atoms with Gasteiger partial charge in [-0.25, -0.2) is 0 Å². The maximum atomic E-state index is 3.33. The molecular weight excluding hydrogens is 170 g/mol. The van der Waals surface area contributed by atoms with E-state index in [1.165, 1.54) is 22.4 Å². The molecule has 1 heterocycles. The SMILES string of the molecule is CC1(C)c2ccccc2-c2[nH]ccc21. The normalized spacial score (nSPS) is 16.4. The Labute approximate surface area is 83.8 Å². The summed E-state index contributed by atoms with van der Waals surface area (Å²) in [5, 5.41) is 0. The van der Waals surface area contributed by atoms with Crippen molar-refractivity contribution in [2.24, 2.45) is 0 Å². The Balaban J connectivity index is 2.42. The smallest absolute Gasteiger partial charge is 0.0498 e. The highest BCUT2D eigenvalue weighted by Gasteiger charge is 2.35. The standard InChI is InChI=1S/C13H13N/c1-13(2)10-6-4-3-5-9(10)12-11(13)7-8-14-12/h3-8,14H,1-2H3. The lowest BCUT2D eigenvalue weighted by molar-refractivity contribution is 0.661. The zero-order chi connectivity index (χ0) is 9.76. The Bertz CT molecular complexity index is 491. The Hall–Kier alpha value is -1.50. The molecule has 70 valence electrons. The fraction of sp³-hybridized carbons (Fsp3) is 0.231. The van der Waals surface area contributed by atoms with Gasteiger partial charge >= 0.3 is 0 Å². The molecule has 1 aromatic heterocycles. The van der Waals surface area contributed by atoms with Crippen molar-refractivity contribution in [1.82, 2.24) is 4.98 Å². The van der Waals surface area contributed by atoms with Gasteiger partial charge in [-0.2, -0.15) is 0 Å². The number of fused-ring (bicyclic) bond motifs is 3. The van der Waals surface area contributed by atoms with Crippen LogP contribution in [-0.4, -0.2) is 4.98 Å². The number of benzene rings is 1. The van der Waals surface area contributed by atoms with Gasteiger partial charge in [0, 0.05) is 22.9 Å². The highest BCUT2D eigenvalue weighted by molar-refractivity contribution is 5.77. The number of aromatic nitrogens is 1. The average Bonchev–Trinajstić information content (AvgIpc) is 2.72. The van der Waals surface area contributed by atoms with Crippen molar-refractivity contribution < 1.29 is 0 Å². The number of rotatable bonds is 0. The number of H-pyrrole nitrogens is 1. The van der Waals surface area contributed by atoms with Gasteiger partial charge in [-0.15, -0.1) is 0 Å². The summed E-state index contributed by atoms with van der Waals surface area (Å²) in [6.45, 7) is 4.57. The van der Waals surface area contributed by atoms with Gasteiger partial charge in [0.1, 0.15) is 0 Å². The van der Waals surface area contributed by atoms with Crippen molar-refractivity contribution in [2.45, 2.75) is 19.3 Å². The number of hydrogen-bond donors (Lipinski definition) is 1. The van der Waals surface area contributed by atoms with Gasteiger partial charge < -0.3 is 4.98 Å². The Morgan fingerprint density at radius 2 is 1.79 bits per heavy atom. The van der Waals surface area contributed by atoms with E-state index in [9.17, 15) is 0 Å². The predicted molar refractivity (Wildman–Crippen MR) is 58.4 cm³/mol. The van der Waals surface area contributed by atoms with Gasteiger partial charge in [-0.3, -0.25) is 0 Å². The third-order valence-corrected chi connectivity index (χ3v) is 3.29. The van der Waals surface area contributed by atoms with Crippen molar-refractivity contribution in [3.63, 3.8) is 0 Å². The van der Waals surface area contributed by atoms with E-state index in [-0.39, 0.29) is 5.41 Å². The van der Waals surface area contributed by atoms with Crippen LogP contribution in [0.2, 0.25) is 0 Å². The summed E-state index contributed by atoms with van der Waals surface area (Å²) in [6, 6.07) is 10.8. The molecule has 3 rings (SSSR count). The van der Waals surface area contributed by atoms with Crippen LogP contribution in [0.15, 0.2) is 36.5 Å². The summed E-state index contributed by atoms with van der Waals surface area (Å²) in [5.41, 5.74) is 5.66. The molecule has 1 N–H and O–H groups in total. The van der Waals surface area contributed by atoms with Gasteiger partial charge in [0.25, 0.3) is 0 Å². The van der Waals surface area contributed by atoms with Gasteiger partial charge in [-0.05, 0) is 17.2 Å². The molecule has 1 heteroatoms. The highest BCUT2D eigenvalue weighted by Crippen LogP contribution is 2.47. The van der Waals surface area contributed by atoms with Crippen molar-refractivity contribution in [2.75, 3.05) is 0 Å². The molecule has 0 radical (unpaired) electrons. The summed E-state index contributed by atoms with van der Waals surface area (Å²) in [5.74, 6) is 0. The van der Waals surface area contributed by atoms with Crippen LogP contribution in [0, 0.1) is 0 Å². The lowest BCUT2D eigenvalue weighted by Crippen LogP contribution is -2.14. The van der Waals surface area contributed by atoms with E-state index < -0.39 is 0 Å². The van der Waals surface area contributed by atoms with E-state index >= 15 is 0 Å². The topological polar surface area (TPSA) is 15.8 Å². The second-order valence-corrected chi connectivity index (χ2v) is 4.44. The Kier molecular flexibility index (Phi) is 1.29. The second kappa shape index (κ2) is 2.30. The lowest BCUT2D eigenvalue weighted by Gasteiger charge is -2.19. The van der Waals surface area contributed by atoms with Crippen LogP contribution in [0.25, 0.3) is 11.3 Å². The minimum Gasteiger partial charge on any atom is -0.361 e. The largest absolute Gasteiger partial charge is 0.361 e. The highest BCUT2D eigenvalue weighted by atomic mass is 14.7. The monoisotopic (exact) mass is 183 g/mol. The molecule has 0 bridgehead atoms. The minimum atomic E-state index is 0.159. The molecule has 0 spiro atoms. The first-order chi connectivity index (χ1) is 6.71. The second-order valence-electron chi connectivity index (χ2n) is 4.44. The van der Waals surface area contributed by atoms with E-state index in [1.54, 1.807) is 0 Å². The lowest BCUT2D eigenvalue weighted by atomic mass is 9.83. The molecule has 2 aromatic rings. The molecule has 0 saturated heterocycles. The molecular formula is C13H13N. The maximum Gasteiger partial charge on any atom is 0.0498 e. The van der Waals surface area contributed by atoms with Gasteiger partial charge in [0.2, 0.25) is 0 Å². The van der Waals surface area contributed by atoms with Crippen LogP contribution in [0.1, 0.15) is 25.0 Å². The molecule has 1 aromatic carbocycles. The van der Waals surface area contributed by atoms with E-state index in [0.717, 1.165) is 0 Å². The van der Waals surface area contributed by atoms with Crippen LogP contribution in [0.4, 0.5) is 0 Å². The summed E-state index contributed by atoms with van der Waals surface area (Å²) in [7, 11) is 0. The first-order valence-corrected chi connectivity index (χ1v) is 4.99.